The van der Waals surface area contributed by atoms with Crippen LogP contribution in [0.2, 0.25) is 0 Å². The summed E-state index contributed by atoms with van der Waals surface area (Å²) in [6, 6.07) is -0.754. The third kappa shape index (κ3) is 2.68. The molecule has 0 aromatic carbocycles. The quantitative estimate of drug-likeness (QED) is 0.858. The molecule has 1 saturated carbocycles. The second kappa shape index (κ2) is 5.95. The first-order valence-corrected chi connectivity index (χ1v) is 8.37. The molecule has 0 aromatic rings. The number of fused-ring (bicyclic) bond motifs is 1. The van der Waals surface area contributed by atoms with Gasteiger partial charge < -0.3 is 10.0 Å². The van der Waals surface area contributed by atoms with Crippen LogP contribution in [0.4, 0.5) is 0 Å². The van der Waals surface area contributed by atoms with E-state index >= 15 is 0 Å². The van der Waals surface area contributed by atoms with Gasteiger partial charge in [0.2, 0.25) is 5.91 Å². The van der Waals surface area contributed by atoms with Gasteiger partial charge in [-0.2, -0.15) is 0 Å². The number of aliphatic carboxylic acids is 1. The van der Waals surface area contributed by atoms with Crippen molar-refractivity contribution in [1.82, 2.24) is 9.80 Å². The lowest BCUT2D eigenvalue weighted by atomic mass is 9.94. The zero-order valence-corrected chi connectivity index (χ0v) is 12.8. The second-order valence-electron chi connectivity index (χ2n) is 6.90. The number of amides is 1. The average Bonchev–Trinajstić information content (AvgIpc) is 3.06. The monoisotopic (exact) mass is 294 g/mol. The summed E-state index contributed by atoms with van der Waals surface area (Å²) >= 11 is 0. The van der Waals surface area contributed by atoms with Crippen molar-refractivity contribution in [3.63, 3.8) is 0 Å². The SMILES string of the molecule is CC(C(=O)N1CCCCC1)N1CC2CCCC2C1C(=O)O. The molecular formula is C16H26N2O3. The van der Waals surface area contributed by atoms with Gasteiger partial charge in [-0.15, -0.1) is 0 Å². The van der Waals surface area contributed by atoms with Crippen LogP contribution in [-0.4, -0.2) is 58.5 Å². The maximum atomic E-state index is 12.7. The van der Waals surface area contributed by atoms with Crippen molar-refractivity contribution in [2.45, 2.75) is 57.5 Å². The molecule has 0 spiro atoms. The van der Waals surface area contributed by atoms with Crippen molar-refractivity contribution in [1.29, 1.82) is 0 Å². The molecule has 2 heterocycles. The summed E-state index contributed by atoms with van der Waals surface area (Å²) in [5.74, 6) is 0.102. The Morgan fingerprint density at radius 2 is 1.81 bits per heavy atom. The van der Waals surface area contributed by atoms with Gasteiger partial charge in [0.1, 0.15) is 6.04 Å². The van der Waals surface area contributed by atoms with Crippen LogP contribution in [0, 0.1) is 11.8 Å². The molecule has 2 aliphatic heterocycles. The van der Waals surface area contributed by atoms with Crippen LogP contribution < -0.4 is 0 Å². The summed E-state index contributed by atoms with van der Waals surface area (Å²) in [6.07, 6.45) is 6.61. The Labute approximate surface area is 126 Å². The van der Waals surface area contributed by atoms with E-state index in [0.717, 1.165) is 51.7 Å². The number of piperidine rings is 1. The molecule has 21 heavy (non-hydrogen) atoms. The highest BCUT2D eigenvalue weighted by atomic mass is 16.4. The summed E-state index contributed by atoms with van der Waals surface area (Å²) in [6.45, 7) is 4.35. The summed E-state index contributed by atoms with van der Waals surface area (Å²) in [4.78, 5) is 28.3. The maximum absolute atomic E-state index is 12.7. The topological polar surface area (TPSA) is 60.9 Å². The van der Waals surface area contributed by atoms with Crippen molar-refractivity contribution < 1.29 is 14.7 Å². The minimum absolute atomic E-state index is 0.126. The third-order valence-corrected chi connectivity index (χ3v) is 5.70. The lowest BCUT2D eigenvalue weighted by Gasteiger charge is -2.35. The predicted octanol–water partition coefficient (Wildman–Crippen LogP) is 1.57. The largest absolute Gasteiger partial charge is 0.480 e. The Bertz CT molecular complexity index is 420. The number of carboxylic acids is 1. The van der Waals surface area contributed by atoms with Crippen LogP contribution in [0.3, 0.4) is 0 Å². The summed E-state index contributed by atoms with van der Waals surface area (Å²) in [5, 5.41) is 9.61. The molecule has 4 unspecified atom stereocenters. The average molecular weight is 294 g/mol. The molecule has 5 nitrogen and oxygen atoms in total. The fourth-order valence-electron chi connectivity index (χ4n) is 4.58. The van der Waals surface area contributed by atoms with E-state index in [2.05, 4.69) is 0 Å². The highest BCUT2D eigenvalue weighted by molar-refractivity contribution is 5.83. The minimum Gasteiger partial charge on any atom is -0.480 e. The molecule has 0 radical (unpaired) electrons. The molecule has 3 aliphatic rings. The van der Waals surface area contributed by atoms with Crippen molar-refractivity contribution in [3.8, 4) is 0 Å². The Morgan fingerprint density at radius 3 is 2.48 bits per heavy atom. The number of carbonyl (C=O) groups excluding carboxylic acids is 1. The fraction of sp³-hybridized carbons (Fsp3) is 0.875. The number of carbonyl (C=O) groups is 2. The zero-order chi connectivity index (χ0) is 15.0. The van der Waals surface area contributed by atoms with E-state index in [1.54, 1.807) is 0 Å². The van der Waals surface area contributed by atoms with E-state index < -0.39 is 12.0 Å². The van der Waals surface area contributed by atoms with Crippen LogP contribution in [0.25, 0.3) is 0 Å². The third-order valence-electron chi connectivity index (χ3n) is 5.70. The van der Waals surface area contributed by atoms with E-state index in [1.165, 1.54) is 6.42 Å². The van der Waals surface area contributed by atoms with Crippen molar-refractivity contribution in [2.75, 3.05) is 19.6 Å². The Morgan fingerprint density at radius 1 is 1.10 bits per heavy atom. The van der Waals surface area contributed by atoms with E-state index in [-0.39, 0.29) is 17.9 Å². The Hall–Kier alpha value is -1.10. The van der Waals surface area contributed by atoms with Crippen molar-refractivity contribution in [2.24, 2.45) is 11.8 Å². The van der Waals surface area contributed by atoms with Crippen molar-refractivity contribution in [3.05, 3.63) is 0 Å². The van der Waals surface area contributed by atoms with E-state index in [0.29, 0.717) is 5.92 Å². The molecule has 0 bridgehead atoms. The van der Waals surface area contributed by atoms with Gasteiger partial charge in [0.25, 0.3) is 0 Å². The van der Waals surface area contributed by atoms with Crippen LogP contribution in [0.1, 0.15) is 45.4 Å². The van der Waals surface area contributed by atoms with Gasteiger partial charge in [0, 0.05) is 19.6 Å². The van der Waals surface area contributed by atoms with Gasteiger partial charge in [-0.1, -0.05) is 6.42 Å². The van der Waals surface area contributed by atoms with Crippen LogP contribution in [0.5, 0.6) is 0 Å². The summed E-state index contributed by atoms with van der Waals surface area (Å²) < 4.78 is 0. The first-order chi connectivity index (χ1) is 10.1. The second-order valence-corrected chi connectivity index (χ2v) is 6.90. The van der Waals surface area contributed by atoms with Gasteiger partial charge in [-0.3, -0.25) is 14.5 Å². The number of nitrogens with zero attached hydrogens (tertiary/aromatic N) is 2. The number of likely N-dealkylation sites (tertiary alicyclic amines) is 2. The Kier molecular flexibility index (Phi) is 4.20. The first kappa shape index (κ1) is 14.8. The smallest absolute Gasteiger partial charge is 0.321 e. The number of rotatable bonds is 3. The zero-order valence-electron chi connectivity index (χ0n) is 12.8. The molecule has 1 N–H and O–H groups in total. The molecule has 0 aromatic heterocycles. The van der Waals surface area contributed by atoms with E-state index in [1.807, 2.05) is 16.7 Å². The molecule has 5 heteroatoms. The molecule has 4 atom stereocenters. The van der Waals surface area contributed by atoms with Crippen molar-refractivity contribution >= 4 is 11.9 Å². The van der Waals surface area contributed by atoms with Gasteiger partial charge >= 0.3 is 5.97 Å². The highest BCUT2D eigenvalue weighted by Crippen LogP contribution is 2.43. The first-order valence-electron chi connectivity index (χ1n) is 8.37. The number of hydrogen-bond acceptors (Lipinski definition) is 3. The summed E-state index contributed by atoms with van der Waals surface area (Å²) in [7, 11) is 0. The van der Waals surface area contributed by atoms with Gasteiger partial charge in [-0.05, 0) is 50.9 Å². The Balaban J connectivity index is 1.72. The molecule has 1 amide bonds. The highest BCUT2D eigenvalue weighted by Gasteiger charge is 2.50. The molecule has 3 rings (SSSR count). The number of hydrogen-bond donors (Lipinski definition) is 1. The van der Waals surface area contributed by atoms with Crippen LogP contribution in [-0.2, 0) is 9.59 Å². The van der Waals surface area contributed by atoms with Crippen LogP contribution in [0.15, 0.2) is 0 Å². The van der Waals surface area contributed by atoms with Gasteiger partial charge in [0.15, 0.2) is 0 Å². The lowest BCUT2D eigenvalue weighted by Crippen LogP contribution is -2.52. The number of carboxylic acid groups (broad SMARTS) is 1. The standard InChI is InChI=1S/C16H26N2O3/c1-11(15(19)17-8-3-2-4-9-17)18-10-12-6-5-7-13(12)14(18)16(20)21/h11-14H,2-10H2,1H3,(H,20,21). The van der Waals surface area contributed by atoms with E-state index in [9.17, 15) is 14.7 Å². The molecule has 3 fully saturated rings. The summed E-state index contributed by atoms with van der Waals surface area (Å²) in [5.41, 5.74) is 0. The molecule has 1 aliphatic carbocycles. The van der Waals surface area contributed by atoms with Gasteiger partial charge in [0.05, 0.1) is 6.04 Å². The normalized spacial score (nSPS) is 34.7. The minimum atomic E-state index is -0.748. The molecule has 118 valence electrons. The molecular weight excluding hydrogens is 268 g/mol. The van der Waals surface area contributed by atoms with Gasteiger partial charge in [-0.25, -0.2) is 0 Å². The predicted molar refractivity (Wildman–Crippen MR) is 78.9 cm³/mol. The maximum Gasteiger partial charge on any atom is 0.321 e. The fourth-order valence-corrected chi connectivity index (χ4v) is 4.58. The molecule has 2 saturated heterocycles. The van der Waals surface area contributed by atoms with Crippen LogP contribution >= 0.6 is 0 Å². The lowest BCUT2D eigenvalue weighted by molar-refractivity contribution is -0.147. The van der Waals surface area contributed by atoms with E-state index in [4.69, 9.17) is 0 Å².